The van der Waals surface area contributed by atoms with Crippen LogP contribution >= 0.6 is 0 Å². The molecule has 0 radical (unpaired) electrons. The van der Waals surface area contributed by atoms with Gasteiger partial charge in [0, 0.05) is 27.1 Å². The summed E-state index contributed by atoms with van der Waals surface area (Å²) in [4.78, 5) is 21.1. The third kappa shape index (κ3) is 2.73. The molecule has 0 fully saturated rings. The summed E-state index contributed by atoms with van der Waals surface area (Å²) in [5.74, 6) is 0.841. The molecule has 0 aliphatic heterocycles. The molecule has 2 aromatic heterocycles. The summed E-state index contributed by atoms with van der Waals surface area (Å²) in [5.41, 5.74) is 0.730. The van der Waals surface area contributed by atoms with Crippen LogP contribution in [0.1, 0.15) is 13.3 Å². The van der Waals surface area contributed by atoms with Gasteiger partial charge in [0.2, 0.25) is 5.91 Å². The second-order valence-electron chi connectivity index (χ2n) is 4.09. The van der Waals surface area contributed by atoms with E-state index in [4.69, 9.17) is 0 Å². The number of amides is 1. The summed E-state index contributed by atoms with van der Waals surface area (Å²) >= 11 is 0. The Morgan fingerprint density at radius 3 is 3.11 bits per heavy atom. The molecule has 18 heavy (non-hydrogen) atoms. The zero-order valence-corrected chi connectivity index (χ0v) is 10.5. The van der Waals surface area contributed by atoms with Gasteiger partial charge >= 0.3 is 0 Å². The summed E-state index contributed by atoms with van der Waals surface area (Å²) < 4.78 is 0. The fourth-order valence-electron chi connectivity index (χ4n) is 1.74. The van der Waals surface area contributed by atoms with E-state index in [1.807, 2.05) is 11.9 Å². The van der Waals surface area contributed by atoms with Gasteiger partial charge in [-0.1, -0.05) is 0 Å². The first-order valence-corrected chi connectivity index (χ1v) is 5.78. The van der Waals surface area contributed by atoms with Crippen molar-refractivity contribution in [3.8, 4) is 0 Å². The number of hydrogen-bond donors (Lipinski definition) is 2. The highest BCUT2D eigenvalue weighted by molar-refractivity contribution is 5.85. The van der Waals surface area contributed by atoms with Crippen molar-refractivity contribution in [3.63, 3.8) is 0 Å². The van der Waals surface area contributed by atoms with Gasteiger partial charge in [0.15, 0.2) is 5.65 Å². The SMILES string of the molecule is CC(=O)NCCCN(C)c1ncnc2[nH]ncc12. The lowest BCUT2D eigenvalue weighted by atomic mass is 10.3. The average molecular weight is 248 g/mol. The van der Waals surface area contributed by atoms with E-state index in [9.17, 15) is 4.79 Å². The smallest absolute Gasteiger partial charge is 0.216 e. The predicted molar refractivity (Wildman–Crippen MR) is 68.3 cm³/mol. The van der Waals surface area contributed by atoms with Crippen LogP contribution in [0.25, 0.3) is 11.0 Å². The van der Waals surface area contributed by atoms with E-state index in [1.165, 1.54) is 13.3 Å². The Kier molecular flexibility index (Phi) is 3.71. The van der Waals surface area contributed by atoms with Gasteiger partial charge in [0.1, 0.15) is 12.1 Å². The Balaban J connectivity index is 1.98. The molecule has 96 valence electrons. The lowest BCUT2D eigenvalue weighted by molar-refractivity contribution is -0.118. The molecule has 0 unspecified atom stereocenters. The van der Waals surface area contributed by atoms with Crippen LogP contribution in [0.5, 0.6) is 0 Å². The van der Waals surface area contributed by atoms with Gasteiger partial charge in [-0.15, -0.1) is 0 Å². The van der Waals surface area contributed by atoms with E-state index in [0.717, 1.165) is 29.8 Å². The largest absolute Gasteiger partial charge is 0.359 e. The molecule has 0 aliphatic carbocycles. The number of fused-ring (bicyclic) bond motifs is 1. The second kappa shape index (κ2) is 5.44. The van der Waals surface area contributed by atoms with Crippen LogP contribution in [0.4, 0.5) is 5.82 Å². The predicted octanol–water partition coefficient (Wildman–Crippen LogP) is 0.315. The molecule has 2 aromatic rings. The topological polar surface area (TPSA) is 86.8 Å². The van der Waals surface area contributed by atoms with Crippen molar-refractivity contribution >= 4 is 22.8 Å². The number of nitrogens with one attached hydrogen (secondary N) is 2. The molecule has 0 atom stereocenters. The zero-order chi connectivity index (χ0) is 13.0. The van der Waals surface area contributed by atoms with Crippen LogP contribution in [0.2, 0.25) is 0 Å². The number of hydrogen-bond acceptors (Lipinski definition) is 5. The average Bonchev–Trinajstić information content (AvgIpc) is 2.82. The van der Waals surface area contributed by atoms with Crippen LogP contribution in [0.15, 0.2) is 12.5 Å². The Morgan fingerprint density at radius 1 is 1.50 bits per heavy atom. The molecular formula is C11H16N6O. The quantitative estimate of drug-likeness (QED) is 0.744. The number of aromatic nitrogens is 4. The van der Waals surface area contributed by atoms with Gasteiger partial charge in [-0.25, -0.2) is 9.97 Å². The van der Waals surface area contributed by atoms with Crippen molar-refractivity contribution in [2.75, 3.05) is 25.0 Å². The Hall–Kier alpha value is -2.18. The van der Waals surface area contributed by atoms with Crippen LogP contribution in [-0.4, -0.2) is 46.2 Å². The van der Waals surface area contributed by atoms with E-state index < -0.39 is 0 Å². The molecule has 0 saturated carbocycles. The summed E-state index contributed by atoms with van der Waals surface area (Å²) in [7, 11) is 1.96. The molecule has 2 rings (SSSR count). The van der Waals surface area contributed by atoms with Crippen LogP contribution in [0.3, 0.4) is 0 Å². The molecule has 0 aromatic carbocycles. The fourth-order valence-corrected chi connectivity index (χ4v) is 1.74. The molecule has 2 N–H and O–H groups in total. The minimum absolute atomic E-state index is 0.00286. The van der Waals surface area contributed by atoms with E-state index >= 15 is 0 Å². The third-order valence-electron chi connectivity index (χ3n) is 2.63. The zero-order valence-electron chi connectivity index (χ0n) is 10.5. The first-order valence-electron chi connectivity index (χ1n) is 5.78. The van der Waals surface area contributed by atoms with Gasteiger partial charge in [-0.2, -0.15) is 5.10 Å². The molecule has 0 bridgehead atoms. The van der Waals surface area contributed by atoms with Gasteiger partial charge < -0.3 is 10.2 Å². The van der Waals surface area contributed by atoms with Crippen LogP contribution in [-0.2, 0) is 4.79 Å². The normalized spacial score (nSPS) is 10.6. The Labute approximate surface area is 105 Å². The maximum atomic E-state index is 10.7. The molecule has 0 aliphatic rings. The van der Waals surface area contributed by atoms with Crippen LogP contribution < -0.4 is 10.2 Å². The lowest BCUT2D eigenvalue weighted by Crippen LogP contribution is -2.26. The van der Waals surface area contributed by atoms with Gasteiger partial charge in [0.05, 0.1) is 11.6 Å². The fraction of sp³-hybridized carbons (Fsp3) is 0.455. The highest BCUT2D eigenvalue weighted by Gasteiger charge is 2.09. The minimum Gasteiger partial charge on any atom is -0.359 e. The molecule has 7 nitrogen and oxygen atoms in total. The number of rotatable bonds is 5. The molecule has 0 spiro atoms. The lowest BCUT2D eigenvalue weighted by Gasteiger charge is -2.18. The number of H-pyrrole nitrogens is 1. The van der Waals surface area contributed by atoms with E-state index in [2.05, 4.69) is 25.5 Å². The number of nitrogens with zero attached hydrogens (tertiary/aromatic N) is 4. The number of aromatic amines is 1. The van der Waals surface area contributed by atoms with E-state index in [-0.39, 0.29) is 5.91 Å². The van der Waals surface area contributed by atoms with Crippen molar-refractivity contribution in [2.45, 2.75) is 13.3 Å². The number of carbonyl (C=O) groups excluding carboxylic acids is 1. The Morgan fingerprint density at radius 2 is 2.33 bits per heavy atom. The Bertz CT molecular complexity index is 537. The van der Waals surface area contributed by atoms with Gasteiger partial charge in [0.25, 0.3) is 0 Å². The molecule has 0 saturated heterocycles. The standard InChI is InChI=1S/C11H16N6O/c1-8(18)12-4-3-5-17(2)11-9-6-15-16-10(9)13-7-14-11/h6-7H,3-5H2,1-2H3,(H,12,18)(H,13,14,15,16). The molecule has 7 heteroatoms. The van der Waals surface area contributed by atoms with Crippen molar-refractivity contribution < 1.29 is 4.79 Å². The summed E-state index contributed by atoms with van der Waals surface area (Å²) in [6.45, 7) is 2.99. The monoisotopic (exact) mass is 248 g/mol. The van der Waals surface area contributed by atoms with Crippen molar-refractivity contribution in [2.24, 2.45) is 0 Å². The van der Waals surface area contributed by atoms with Gasteiger partial charge in [-0.05, 0) is 6.42 Å². The highest BCUT2D eigenvalue weighted by atomic mass is 16.1. The maximum Gasteiger partial charge on any atom is 0.216 e. The summed E-state index contributed by atoms with van der Waals surface area (Å²) in [6.07, 6.45) is 4.09. The van der Waals surface area contributed by atoms with E-state index in [1.54, 1.807) is 6.20 Å². The molecule has 2 heterocycles. The summed E-state index contributed by atoms with van der Waals surface area (Å²) in [6, 6.07) is 0. The second-order valence-corrected chi connectivity index (χ2v) is 4.09. The van der Waals surface area contributed by atoms with Crippen molar-refractivity contribution in [3.05, 3.63) is 12.5 Å². The molecule has 1 amide bonds. The first-order chi connectivity index (χ1) is 8.68. The van der Waals surface area contributed by atoms with Crippen molar-refractivity contribution in [1.82, 2.24) is 25.5 Å². The third-order valence-corrected chi connectivity index (χ3v) is 2.63. The van der Waals surface area contributed by atoms with Crippen molar-refractivity contribution in [1.29, 1.82) is 0 Å². The van der Waals surface area contributed by atoms with E-state index in [0.29, 0.717) is 6.54 Å². The minimum atomic E-state index is -0.00286. The number of anilines is 1. The maximum absolute atomic E-state index is 10.7. The van der Waals surface area contributed by atoms with Crippen LogP contribution in [0, 0.1) is 0 Å². The number of carbonyl (C=O) groups is 1. The van der Waals surface area contributed by atoms with Gasteiger partial charge in [-0.3, -0.25) is 9.89 Å². The highest BCUT2D eigenvalue weighted by Crippen LogP contribution is 2.19. The molecular weight excluding hydrogens is 232 g/mol. The first kappa shape index (κ1) is 12.3. The summed E-state index contributed by atoms with van der Waals surface area (Å²) in [5, 5.41) is 10.4.